The van der Waals surface area contributed by atoms with Gasteiger partial charge in [0, 0.05) is 17.1 Å². The first-order chi connectivity index (χ1) is 8.65. The molecule has 0 bridgehead atoms. The summed E-state index contributed by atoms with van der Waals surface area (Å²) < 4.78 is 12.0. The van der Waals surface area contributed by atoms with Crippen molar-refractivity contribution in [2.75, 3.05) is 19.8 Å². The summed E-state index contributed by atoms with van der Waals surface area (Å²) in [6, 6.07) is 5.90. The Kier molecular flexibility index (Phi) is 7.32. The van der Waals surface area contributed by atoms with Gasteiger partial charge in [0.25, 0.3) is 0 Å². The Bertz CT molecular complexity index is 356. The molecule has 0 aliphatic rings. The summed E-state index contributed by atoms with van der Waals surface area (Å²) >= 11 is 3.50. The number of nitrogens with two attached hydrogens (primary N) is 1. The van der Waals surface area contributed by atoms with Crippen molar-refractivity contribution in [3.05, 3.63) is 28.2 Å². The summed E-state index contributed by atoms with van der Waals surface area (Å²) in [6.07, 6.45) is 2.27. The molecule has 0 aliphatic heterocycles. The van der Waals surface area contributed by atoms with Crippen molar-refractivity contribution in [2.24, 2.45) is 5.73 Å². The van der Waals surface area contributed by atoms with Gasteiger partial charge in [0.2, 0.25) is 0 Å². The molecule has 0 amide bonds. The second kappa shape index (κ2) is 8.51. The van der Waals surface area contributed by atoms with Crippen LogP contribution in [0.3, 0.4) is 0 Å². The summed E-state index contributed by atoms with van der Waals surface area (Å²) in [7, 11) is 0. The summed E-state index contributed by atoms with van der Waals surface area (Å²) in [6.45, 7) is 6.13. The maximum Gasteiger partial charge on any atom is 0.120 e. The molecule has 0 aliphatic carbocycles. The normalized spacial score (nSPS) is 12.4. The number of unbranched alkanes of at least 4 members (excludes halogenated alkanes) is 1. The zero-order valence-corrected chi connectivity index (χ0v) is 12.7. The number of benzene rings is 1. The predicted molar refractivity (Wildman–Crippen MR) is 78.0 cm³/mol. The molecule has 3 nitrogen and oxygen atoms in total. The topological polar surface area (TPSA) is 44.5 Å². The van der Waals surface area contributed by atoms with Gasteiger partial charge < -0.3 is 15.2 Å². The van der Waals surface area contributed by atoms with Crippen LogP contribution in [-0.4, -0.2) is 19.8 Å². The van der Waals surface area contributed by atoms with Crippen LogP contribution in [0.2, 0.25) is 0 Å². The van der Waals surface area contributed by atoms with Crippen LogP contribution in [0.5, 0.6) is 5.75 Å². The lowest BCUT2D eigenvalue weighted by atomic mass is 10.1. The quantitative estimate of drug-likeness (QED) is 0.744. The van der Waals surface area contributed by atoms with Gasteiger partial charge in [-0.1, -0.05) is 35.3 Å². The molecule has 0 saturated carbocycles. The van der Waals surface area contributed by atoms with E-state index >= 15 is 0 Å². The molecule has 18 heavy (non-hydrogen) atoms. The van der Waals surface area contributed by atoms with E-state index in [1.807, 2.05) is 25.1 Å². The monoisotopic (exact) mass is 315 g/mol. The second-order valence-electron chi connectivity index (χ2n) is 4.29. The van der Waals surface area contributed by atoms with E-state index in [1.54, 1.807) is 0 Å². The number of hydrogen-bond donors (Lipinski definition) is 1. The first-order valence-corrected chi connectivity index (χ1v) is 7.20. The van der Waals surface area contributed by atoms with Gasteiger partial charge in [-0.2, -0.15) is 0 Å². The maximum absolute atomic E-state index is 5.84. The highest BCUT2D eigenvalue weighted by atomic mass is 79.9. The standard InChI is InChI=1S/C14H22BrNO2/c1-3-4-7-17-8-9-18-12-5-6-13(11(2)16)14(15)10-12/h5-6,10-11H,3-4,7-9,16H2,1-2H3/t11-/m1/s1. The molecule has 1 rings (SSSR count). The fourth-order valence-corrected chi connectivity index (χ4v) is 2.25. The zero-order valence-electron chi connectivity index (χ0n) is 11.1. The van der Waals surface area contributed by atoms with E-state index in [0.717, 1.165) is 35.2 Å². The molecular weight excluding hydrogens is 294 g/mol. The van der Waals surface area contributed by atoms with E-state index in [0.29, 0.717) is 13.2 Å². The van der Waals surface area contributed by atoms with E-state index in [1.165, 1.54) is 0 Å². The molecule has 2 N–H and O–H groups in total. The fraction of sp³-hybridized carbons (Fsp3) is 0.571. The van der Waals surface area contributed by atoms with E-state index in [9.17, 15) is 0 Å². The lowest BCUT2D eigenvalue weighted by Crippen LogP contribution is -2.08. The highest BCUT2D eigenvalue weighted by molar-refractivity contribution is 9.10. The van der Waals surface area contributed by atoms with Crippen LogP contribution in [0.15, 0.2) is 22.7 Å². The Morgan fingerprint density at radius 3 is 2.67 bits per heavy atom. The minimum Gasteiger partial charge on any atom is -0.491 e. The van der Waals surface area contributed by atoms with Gasteiger partial charge in [-0.3, -0.25) is 0 Å². The smallest absolute Gasteiger partial charge is 0.120 e. The molecule has 0 fully saturated rings. The molecule has 0 unspecified atom stereocenters. The van der Waals surface area contributed by atoms with Gasteiger partial charge in [-0.05, 0) is 31.0 Å². The van der Waals surface area contributed by atoms with Crippen molar-refractivity contribution < 1.29 is 9.47 Å². The Hall–Kier alpha value is -0.580. The van der Waals surface area contributed by atoms with Crippen LogP contribution in [0.1, 0.15) is 38.3 Å². The van der Waals surface area contributed by atoms with Crippen molar-refractivity contribution in [3.63, 3.8) is 0 Å². The molecule has 1 aromatic rings. The zero-order chi connectivity index (χ0) is 13.4. The van der Waals surface area contributed by atoms with Crippen molar-refractivity contribution in [3.8, 4) is 5.75 Å². The molecule has 0 radical (unpaired) electrons. The molecular formula is C14H22BrNO2. The number of halogens is 1. The van der Waals surface area contributed by atoms with Crippen LogP contribution < -0.4 is 10.5 Å². The van der Waals surface area contributed by atoms with Crippen molar-refractivity contribution in [2.45, 2.75) is 32.7 Å². The SMILES string of the molecule is CCCCOCCOc1ccc([C@@H](C)N)c(Br)c1. The van der Waals surface area contributed by atoms with E-state index in [4.69, 9.17) is 15.2 Å². The average Bonchev–Trinajstić information content (AvgIpc) is 2.33. The lowest BCUT2D eigenvalue weighted by molar-refractivity contribution is 0.0980. The van der Waals surface area contributed by atoms with Crippen molar-refractivity contribution in [1.82, 2.24) is 0 Å². The third kappa shape index (κ3) is 5.38. The van der Waals surface area contributed by atoms with E-state index in [-0.39, 0.29) is 6.04 Å². The van der Waals surface area contributed by atoms with Crippen LogP contribution in [-0.2, 0) is 4.74 Å². The largest absolute Gasteiger partial charge is 0.491 e. The molecule has 0 aromatic heterocycles. The number of ether oxygens (including phenoxy) is 2. The Labute approximate surface area is 118 Å². The van der Waals surface area contributed by atoms with Gasteiger partial charge in [-0.15, -0.1) is 0 Å². The molecule has 102 valence electrons. The Balaban J connectivity index is 2.33. The van der Waals surface area contributed by atoms with Crippen LogP contribution in [0.4, 0.5) is 0 Å². The van der Waals surface area contributed by atoms with Crippen LogP contribution in [0, 0.1) is 0 Å². The summed E-state index contributed by atoms with van der Waals surface area (Å²) in [5.74, 6) is 0.838. The fourth-order valence-electron chi connectivity index (χ4n) is 1.53. The van der Waals surface area contributed by atoms with Crippen molar-refractivity contribution in [1.29, 1.82) is 0 Å². The van der Waals surface area contributed by atoms with Crippen LogP contribution in [0.25, 0.3) is 0 Å². The van der Waals surface area contributed by atoms with E-state index in [2.05, 4.69) is 22.9 Å². The molecule has 0 saturated heterocycles. The third-order valence-electron chi connectivity index (χ3n) is 2.60. The van der Waals surface area contributed by atoms with Gasteiger partial charge in [-0.25, -0.2) is 0 Å². The third-order valence-corrected chi connectivity index (χ3v) is 3.29. The summed E-state index contributed by atoms with van der Waals surface area (Å²) in [4.78, 5) is 0. The van der Waals surface area contributed by atoms with Crippen LogP contribution >= 0.6 is 15.9 Å². The van der Waals surface area contributed by atoms with Gasteiger partial charge in [0.05, 0.1) is 6.61 Å². The molecule has 1 atom stereocenters. The van der Waals surface area contributed by atoms with Gasteiger partial charge >= 0.3 is 0 Å². The molecule has 0 heterocycles. The van der Waals surface area contributed by atoms with Gasteiger partial charge in [0.15, 0.2) is 0 Å². The summed E-state index contributed by atoms with van der Waals surface area (Å²) in [5.41, 5.74) is 6.93. The van der Waals surface area contributed by atoms with Gasteiger partial charge in [0.1, 0.15) is 12.4 Å². The lowest BCUT2D eigenvalue weighted by Gasteiger charge is -2.11. The Morgan fingerprint density at radius 1 is 1.28 bits per heavy atom. The Morgan fingerprint density at radius 2 is 2.06 bits per heavy atom. The second-order valence-corrected chi connectivity index (χ2v) is 5.14. The molecule has 1 aromatic carbocycles. The minimum absolute atomic E-state index is 0.0193. The highest BCUT2D eigenvalue weighted by Crippen LogP contribution is 2.26. The van der Waals surface area contributed by atoms with Crippen molar-refractivity contribution >= 4 is 15.9 Å². The molecule has 4 heteroatoms. The number of rotatable bonds is 8. The first-order valence-electron chi connectivity index (χ1n) is 6.40. The first kappa shape index (κ1) is 15.5. The molecule has 0 spiro atoms. The number of hydrogen-bond acceptors (Lipinski definition) is 3. The van der Waals surface area contributed by atoms with E-state index < -0.39 is 0 Å². The maximum atomic E-state index is 5.84. The highest BCUT2D eigenvalue weighted by Gasteiger charge is 2.06. The average molecular weight is 316 g/mol. The predicted octanol–water partition coefficient (Wildman–Crippen LogP) is 3.66. The summed E-state index contributed by atoms with van der Waals surface area (Å²) in [5, 5.41) is 0. The minimum atomic E-state index is 0.0193.